The smallest absolute Gasteiger partial charge is 0.414 e. The van der Waals surface area contributed by atoms with E-state index in [-0.39, 0.29) is 0 Å². The Balaban J connectivity index is 1.45. The van der Waals surface area contributed by atoms with Crippen LogP contribution in [0.15, 0.2) is 79.1 Å². The molecule has 0 saturated carbocycles. The molecule has 2 aromatic carbocycles. The molecule has 8 nitrogen and oxygen atoms in total. The van der Waals surface area contributed by atoms with Crippen LogP contribution in [0.3, 0.4) is 0 Å². The molecular formula is C31H34N6O2. The zero-order valence-electron chi connectivity index (χ0n) is 22.9. The summed E-state index contributed by atoms with van der Waals surface area (Å²) < 4.78 is 5.55. The number of nitrogens with one attached hydrogen (secondary N) is 1. The standard InChI is InChI=1S/C31H34N6O2/c1-31(2,3)39-30(38)36(4)25-12-8-11-24(19-25)33-29-26-21-37(20-22-9-6-5-7-10-22)18-15-27(26)34-28(35-29)23-13-16-32-17-14-23/h5-14,16-17,19H,15,18,20-21H2,1-4H3,(H,33,34,35). The lowest BCUT2D eigenvalue weighted by Gasteiger charge is -2.30. The molecule has 2 aromatic heterocycles. The molecule has 1 amide bonds. The zero-order valence-corrected chi connectivity index (χ0v) is 22.9. The highest BCUT2D eigenvalue weighted by molar-refractivity contribution is 5.88. The minimum atomic E-state index is -0.573. The molecule has 8 heteroatoms. The molecule has 0 spiro atoms. The number of carbonyl (C=O) groups excluding carboxylic acids is 1. The maximum absolute atomic E-state index is 12.7. The third-order valence-electron chi connectivity index (χ3n) is 6.49. The van der Waals surface area contributed by atoms with Crippen molar-refractivity contribution in [2.75, 3.05) is 23.8 Å². The van der Waals surface area contributed by atoms with Crippen LogP contribution in [-0.4, -0.2) is 45.1 Å². The van der Waals surface area contributed by atoms with Crippen molar-refractivity contribution in [2.45, 2.75) is 45.9 Å². The van der Waals surface area contributed by atoms with Crippen molar-refractivity contribution in [3.05, 3.63) is 95.9 Å². The summed E-state index contributed by atoms with van der Waals surface area (Å²) in [6.07, 6.45) is 3.93. The largest absolute Gasteiger partial charge is 0.443 e. The third-order valence-corrected chi connectivity index (χ3v) is 6.49. The fraction of sp³-hybridized carbons (Fsp3) is 0.290. The summed E-state index contributed by atoms with van der Waals surface area (Å²) in [7, 11) is 1.71. The summed E-state index contributed by atoms with van der Waals surface area (Å²) in [6.45, 7) is 8.09. The first-order valence-corrected chi connectivity index (χ1v) is 13.2. The van der Waals surface area contributed by atoms with Gasteiger partial charge in [-0.3, -0.25) is 14.8 Å². The number of benzene rings is 2. The Morgan fingerprint density at radius 2 is 1.79 bits per heavy atom. The van der Waals surface area contributed by atoms with Crippen LogP contribution < -0.4 is 10.2 Å². The molecule has 1 N–H and O–H groups in total. The number of amides is 1. The molecule has 0 bridgehead atoms. The Labute approximate surface area is 229 Å². The second kappa shape index (κ2) is 11.2. The van der Waals surface area contributed by atoms with E-state index in [9.17, 15) is 4.79 Å². The number of rotatable bonds is 6. The van der Waals surface area contributed by atoms with E-state index in [1.165, 1.54) is 10.5 Å². The van der Waals surface area contributed by atoms with Crippen molar-refractivity contribution >= 4 is 23.3 Å². The molecule has 0 saturated heterocycles. The summed E-state index contributed by atoms with van der Waals surface area (Å²) in [5, 5.41) is 3.54. The topological polar surface area (TPSA) is 83.5 Å². The molecule has 39 heavy (non-hydrogen) atoms. The first-order valence-electron chi connectivity index (χ1n) is 13.2. The number of aromatic nitrogens is 3. The lowest BCUT2D eigenvalue weighted by Crippen LogP contribution is -2.34. The highest BCUT2D eigenvalue weighted by Crippen LogP contribution is 2.31. The Morgan fingerprint density at radius 3 is 2.54 bits per heavy atom. The van der Waals surface area contributed by atoms with Gasteiger partial charge in [0.25, 0.3) is 0 Å². The van der Waals surface area contributed by atoms with E-state index in [1.54, 1.807) is 19.4 Å². The quantitative estimate of drug-likeness (QED) is 0.322. The van der Waals surface area contributed by atoms with E-state index in [1.807, 2.05) is 63.2 Å². The minimum Gasteiger partial charge on any atom is -0.443 e. The van der Waals surface area contributed by atoms with Crippen LogP contribution in [0.2, 0.25) is 0 Å². The molecule has 3 heterocycles. The number of hydrogen-bond donors (Lipinski definition) is 1. The lowest BCUT2D eigenvalue weighted by atomic mass is 10.0. The fourth-order valence-electron chi connectivity index (χ4n) is 4.54. The molecule has 4 aromatic rings. The molecule has 1 aliphatic heterocycles. The Morgan fingerprint density at radius 1 is 1.03 bits per heavy atom. The van der Waals surface area contributed by atoms with E-state index < -0.39 is 11.7 Å². The van der Waals surface area contributed by atoms with E-state index in [0.717, 1.165) is 60.1 Å². The number of ether oxygens (including phenoxy) is 1. The van der Waals surface area contributed by atoms with Crippen molar-refractivity contribution in [3.63, 3.8) is 0 Å². The molecule has 0 radical (unpaired) electrons. The molecule has 200 valence electrons. The van der Waals surface area contributed by atoms with Gasteiger partial charge in [-0.15, -0.1) is 0 Å². The van der Waals surface area contributed by atoms with Crippen LogP contribution in [0.25, 0.3) is 11.4 Å². The van der Waals surface area contributed by atoms with E-state index in [2.05, 4.69) is 39.5 Å². The number of hydrogen-bond acceptors (Lipinski definition) is 7. The van der Waals surface area contributed by atoms with E-state index in [0.29, 0.717) is 5.82 Å². The average molecular weight is 523 g/mol. The van der Waals surface area contributed by atoms with Gasteiger partial charge in [-0.05, 0) is 56.7 Å². The first kappa shape index (κ1) is 26.3. The maximum Gasteiger partial charge on any atom is 0.414 e. The second-order valence-electron chi connectivity index (χ2n) is 10.7. The fourth-order valence-corrected chi connectivity index (χ4v) is 4.54. The Hall–Kier alpha value is -4.30. The van der Waals surface area contributed by atoms with Crippen LogP contribution in [-0.2, 0) is 24.2 Å². The number of carbonyl (C=O) groups is 1. The third kappa shape index (κ3) is 6.59. The van der Waals surface area contributed by atoms with Gasteiger partial charge in [-0.1, -0.05) is 36.4 Å². The molecule has 5 rings (SSSR count). The predicted molar refractivity (Wildman–Crippen MR) is 154 cm³/mol. The maximum atomic E-state index is 12.7. The van der Waals surface area contributed by atoms with Crippen molar-refractivity contribution < 1.29 is 9.53 Å². The average Bonchev–Trinajstić information content (AvgIpc) is 2.93. The van der Waals surface area contributed by atoms with Gasteiger partial charge in [-0.2, -0.15) is 0 Å². The van der Waals surface area contributed by atoms with Crippen molar-refractivity contribution in [3.8, 4) is 11.4 Å². The Kier molecular flexibility index (Phi) is 7.56. The van der Waals surface area contributed by atoms with Crippen LogP contribution in [0.5, 0.6) is 0 Å². The molecule has 0 fully saturated rings. The summed E-state index contributed by atoms with van der Waals surface area (Å²) in [6, 6.07) is 22.0. The normalized spacial score (nSPS) is 13.4. The number of anilines is 3. The molecule has 1 aliphatic rings. The van der Waals surface area contributed by atoms with Gasteiger partial charge in [0.15, 0.2) is 5.82 Å². The van der Waals surface area contributed by atoms with Gasteiger partial charge >= 0.3 is 6.09 Å². The minimum absolute atomic E-state index is 0.407. The number of fused-ring (bicyclic) bond motifs is 1. The first-order chi connectivity index (χ1) is 18.7. The van der Waals surface area contributed by atoms with Gasteiger partial charge in [0.05, 0.1) is 5.69 Å². The van der Waals surface area contributed by atoms with Crippen molar-refractivity contribution in [1.29, 1.82) is 0 Å². The van der Waals surface area contributed by atoms with Crippen LogP contribution in [0, 0.1) is 0 Å². The molecule has 0 aliphatic carbocycles. The van der Waals surface area contributed by atoms with Crippen molar-refractivity contribution in [1.82, 2.24) is 19.9 Å². The highest BCUT2D eigenvalue weighted by atomic mass is 16.6. The summed E-state index contributed by atoms with van der Waals surface area (Å²) in [5.41, 5.74) is 5.30. The van der Waals surface area contributed by atoms with Crippen LogP contribution in [0.4, 0.5) is 22.0 Å². The number of pyridine rings is 1. The summed E-state index contributed by atoms with van der Waals surface area (Å²) in [5.74, 6) is 1.43. The van der Waals surface area contributed by atoms with Gasteiger partial charge in [0, 0.05) is 68.0 Å². The SMILES string of the molecule is CN(C(=O)OC(C)(C)C)c1cccc(Nc2nc(-c3ccncc3)nc3c2CN(Cc2ccccc2)CC3)c1. The predicted octanol–water partition coefficient (Wildman–Crippen LogP) is 6.21. The second-order valence-corrected chi connectivity index (χ2v) is 10.7. The van der Waals surface area contributed by atoms with Crippen LogP contribution >= 0.6 is 0 Å². The van der Waals surface area contributed by atoms with E-state index >= 15 is 0 Å². The van der Waals surface area contributed by atoms with Gasteiger partial charge < -0.3 is 10.1 Å². The monoisotopic (exact) mass is 522 g/mol. The summed E-state index contributed by atoms with van der Waals surface area (Å²) in [4.78, 5) is 30.7. The van der Waals surface area contributed by atoms with Crippen LogP contribution in [0.1, 0.15) is 37.6 Å². The molecular weight excluding hydrogens is 488 g/mol. The number of nitrogens with zero attached hydrogens (tertiary/aromatic N) is 5. The van der Waals surface area contributed by atoms with Gasteiger partial charge in [0.1, 0.15) is 11.4 Å². The highest BCUT2D eigenvalue weighted by Gasteiger charge is 2.24. The zero-order chi connectivity index (χ0) is 27.4. The summed E-state index contributed by atoms with van der Waals surface area (Å²) >= 11 is 0. The van der Waals surface area contributed by atoms with Gasteiger partial charge in [-0.25, -0.2) is 14.8 Å². The molecule has 0 unspecified atom stereocenters. The van der Waals surface area contributed by atoms with Crippen molar-refractivity contribution in [2.24, 2.45) is 0 Å². The molecule has 0 atom stereocenters. The Bertz CT molecular complexity index is 1440. The lowest BCUT2D eigenvalue weighted by molar-refractivity contribution is 0.0589. The van der Waals surface area contributed by atoms with E-state index in [4.69, 9.17) is 14.7 Å². The van der Waals surface area contributed by atoms with Gasteiger partial charge in [0.2, 0.25) is 0 Å².